The van der Waals surface area contributed by atoms with Crippen LogP contribution in [-0.4, -0.2) is 24.5 Å². The third-order valence-corrected chi connectivity index (χ3v) is 6.23. The first-order valence-corrected chi connectivity index (χ1v) is 10.3. The van der Waals surface area contributed by atoms with Crippen molar-refractivity contribution in [2.24, 2.45) is 5.92 Å². The fourth-order valence-corrected chi connectivity index (χ4v) is 4.63. The molecule has 27 heavy (non-hydrogen) atoms. The highest BCUT2D eigenvalue weighted by Crippen LogP contribution is 2.42. The number of hydrogen-bond donors (Lipinski definition) is 0. The van der Waals surface area contributed by atoms with Crippen molar-refractivity contribution in [3.8, 4) is 0 Å². The molecule has 0 aromatic heterocycles. The lowest BCUT2D eigenvalue weighted by molar-refractivity contribution is 0.158. The Morgan fingerprint density at radius 3 is 1.96 bits per heavy atom. The average molecular weight is 372 g/mol. The standard InChI is InChI=1S/C24H31F2N/c1-3-9-21(18-27-14-5-4-6-15-27)24(2,19-10-7-12-22(25)16-19)20-11-8-13-23(26)17-20/h7-8,10-13,16-17,21H,3-6,9,14-15,18H2,1-2H3. The van der Waals surface area contributed by atoms with E-state index in [2.05, 4.69) is 18.7 Å². The van der Waals surface area contributed by atoms with Gasteiger partial charge < -0.3 is 4.90 Å². The molecule has 3 heteroatoms. The van der Waals surface area contributed by atoms with E-state index in [-0.39, 0.29) is 11.6 Å². The van der Waals surface area contributed by atoms with Gasteiger partial charge in [0.2, 0.25) is 0 Å². The van der Waals surface area contributed by atoms with Gasteiger partial charge in [-0.25, -0.2) is 8.78 Å². The largest absolute Gasteiger partial charge is 0.303 e. The maximum atomic E-state index is 14.1. The third kappa shape index (κ3) is 4.57. The molecule has 2 aromatic rings. The molecule has 146 valence electrons. The molecule has 1 aliphatic rings. The van der Waals surface area contributed by atoms with Gasteiger partial charge in [-0.2, -0.15) is 0 Å². The van der Waals surface area contributed by atoms with Crippen LogP contribution < -0.4 is 0 Å². The molecule has 1 fully saturated rings. The van der Waals surface area contributed by atoms with E-state index in [4.69, 9.17) is 0 Å². The second kappa shape index (κ2) is 8.97. The molecule has 3 rings (SSSR count). The van der Waals surface area contributed by atoms with Crippen LogP contribution in [-0.2, 0) is 5.41 Å². The van der Waals surface area contributed by atoms with Crippen LogP contribution in [0.5, 0.6) is 0 Å². The van der Waals surface area contributed by atoms with Crippen LogP contribution >= 0.6 is 0 Å². The molecule has 0 radical (unpaired) electrons. The summed E-state index contributed by atoms with van der Waals surface area (Å²) in [4.78, 5) is 2.54. The van der Waals surface area contributed by atoms with Gasteiger partial charge in [0.05, 0.1) is 0 Å². The number of rotatable bonds is 7. The molecule has 0 spiro atoms. The molecule has 0 amide bonds. The highest BCUT2D eigenvalue weighted by Gasteiger charge is 2.38. The molecule has 0 N–H and O–H groups in total. The minimum Gasteiger partial charge on any atom is -0.303 e. The summed E-state index contributed by atoms with van der Waals surface area (Å²) in [6.07, 6.45) is 5.88. The number of likely N-dealkylation sites (tertiary alicyclic amines) is 1. The molecule has 0 aliphatic carbocycles. The summed E-state index contributed by atoms with van der Waals surface area (Å²) in [6, 6.07) is 13.7. The lowest BCUT2D eigenvalue weighted by atomic mass is 9.65. The second-order valence-corrected chi connectivity index (χ2v) is 8.07. The quantitative estimate of drug-likeness (QED) is 0.562. The maximum Gasteiger partial charge on any atom is 0.123 e. The van der Waals surface area contributed by atoms with Crippen LogP contribution in [0.1, 0.15) is 57.1 Å². The summed E-state index contributed by atoms with van der Waals surface area (Å²) in [5.74, 6) is -0.170. The van der Waals surface area contributed by atoms with Gasteiger partial charge in [0.25, 0.3) is 0 Å². The first-order valence-electron chi connectivity index (χ1n) is 10.3. The zero-order chi connectivity index (χ0) is 19.3. The maximum absolute atomic E-state index is 14.1. The van der Waals surface area contributed by atoms with Gasteiger partial charge in [0.15, 0.2) is 0 Å². The van der Waals surface area contributed by atoms with Crippen molar-refractivity contribution in [2.75, 3.05) is 19.6 Å². The SMILES string of the molecule is CCCC(CN1CCCCC1)C(C)(c1cccc(F)c1)c1cccc(F)c1. The highest BCUT2D eigenvalue weighted by atomic mass is 19.1. The minimum absolute atomic E-state index is 0.233. The van der Waals surface area contributed by atoms with Crippen molar-refractivity contribution in [1.82, 2.24) is 4.90 Å². The molecular formula is C24H31F2N. The highest BCUT2D eigenvalue weighted by molar-refractivity contribution is 5.40. The Kier molecular flexibility index (Phi) is 6.64. The summed E-state index contributed by atoms with van der Waals surface area (Å²) < 4.78 is 28.2. The Morgan fingerprint density at radius 2 is 1.48 bits per heavy atom. The van der Waals surface area contributed by atoms with Crippen LogP contribution in [0.15, 0.2) is 48.5 Å². The average Bonchev–Trinajstić information content (AvgIpc) is 2.68. The van der Waals surface area contributed by atoms with Gasteiger partial charge in [0.1, 0.15) is 11.6 Å². The summed E-state index contributed by atoms with van der Waals surface area (Å²) in [6.45, 7) is 7.59. The van der Waals surface area contributed by atoms with Crippen molar-refractivity contribution in [3.05, 3.63) is 71.3 Å². The predicted octanol–water partition coefficient (Wildman–Crippen LogP) is 6.17. The molecule has 1 saturated heterocycles. The van der Waals surface area contributed by atoms with Crippen LogP contribution in [0, 0.1) is 17.6 Å². The first-order chi connectivity index (χ1) is 13.0. The Morgan fingerprint density at radius 1 is 0.926 bits per heavy atom. The lowest BCUT2D eigenvalue weighted by Gasteiger charge is -2.42. The summed E-state index contributed by atoms with van der Waals surface area (Å²) in [7, 11) is 0. The van der Waals surface area contributed by atoms with E-state index in [0.29, 0.717) is 5.92 Å². The minimum atomic E-state index is -0.433. The van der Waals surface area contributed by atoms with Crippen molar-refractivity contribution in [1.29, 1.82) is 0 Å². The molecule has 0 saturated carbocycles. The van der Waals surface area contributed by atoms with Crippen LogP contribution in [0.25, 0.3) is 0 Å². The van der Waals surface area contributed by atoms with E-state index >= 15 is 0 Å². The van der Waals surface area contributed by atoms with E-state index < -0.39 is 5.41 Å². The Bertz CT molecular complexity index is 691. The van der Waals surface area contributed by atoms with Gasteiger partial charge >= 0.3 is 0 Å². The number of nitrogens with zero attached hydrogens (tertiary/aromatic N) is 1. The molecule has 1 atom stereocenters. The van der Waals surface area contributed by atoms with Crippen LogP contribution in [0.2, 0.25) is 0 Å². The summed E-state index contributed by atoms with van der Waals surface area (Å²) in [5, 5.41) is 0. The molecule has 1 heterocycles. The Hall–Kier alpha value is -1.74. The fraction of sp³-hybridized carbons (Fsp3) is 0.500. The Balaban J connectivity index is 2.05. The summed E-state index contributed by atoms with van der Waals surface area (Å²) >= 11 is 0. The fourth-order valence-electron chi connectivity index (χ4n) is 4.63. The van der Waals surface area contributed by atoms with Gasteiger partial charge in [0, 0.05) is 12.0 Å². The molecular weight excluding hydrogens is 340 g/mol. The lowest BCUT2D eigenvalue weighted by Crippen LogP contribution is -2.43. The second-order valence-electron chi connectivity index (χ2n) is 8.07. The van der Waals surface area contributed by atoms with E-state index in [9.17, 15) is 8.78 Å². The zero-order valence-electron chi connectivity index (χ0n) is 16.6. The van der Waals surface area contributed by atoms with Gasteiger partial charge in [-0.1, -0.05) is 51.0 Å². The topological polar surface area (TPSA) is 3.24 Å². The van der Waals surface area contributed by atoms with Crippen molar-refractivity contribution in [3.63, 3.8) is 0 Å². The van der Waals surface area contributed by atoms with Crippen molar-refractivity contribution < 1.29 is 8.78 Å². The third-order valence-electron chi connectivity index (χ3n) is 6.23. The zero-order valence-corrected chi connectivity index (χ0v) is 16.6. The number of benzene rings is 2. The van der Waals surface area contributed by atoms with Crippen LogP contribution in [0.4, 0.5) is 8.78 Å². The normalized spacial score (nSPS) is 17.0. The molecule has 0 bridgehead atoms. The molecule has 1 unspecified atom stereocenters. The molecule has 1 aliphatic heterocycles. The molecule has 2 aromatic carbocycles. The number of piperidine rings is 1. The number of hydrogen-bond acceptors (Lipinski definition) is 1. The van der Waals surface area contributed by atoms with Crippen LogP contribution in [0.3, 0.4) is 0 Å². The van der Waals surface area contributed by atoms with E-state index in [1.807, 2.05) is 12.1 Å². The van der Waals surface area contributed by atoms with E-state index in [0.717, 1.165) is 43.6 Å². The monoisotopic (exact) mass is 371 g/mol. The van der Waals surface area contributed by atoms with Gasteiger partial charge in [-0.15, -0.1) is 0 Å². The van der Waals surface area contributed by atoms with Crippen molar-refractivity contribution >= 4 is 0 Å². The van der Waals surface area contributed by atoms with E-state index in [1.54, 1.807) is 24.3 Å². The summed E-state index contributed by atoms with van der Waals surface area (Å²) in [5.41, 5.74) is 1.43. The van der Waals surface area contributed by atoms with Gasteiger partial charge in [-0.3, -0.25) is 0 Å². The van der Waals surface area contributed by atoms with Gasteiger partial charge in [-0.05, 0) is 73.7 Å². The van der Waals surface area contributed by atoms with E-state index in [1.165, 1.54) is 31.4 Å². The van der Waals surface area contributed by atoms with Crippen molar-refractivity contribution in [2.45, 2.75) is 51.4 Å². The first kappa shape index (κ1) is 20.0. The Labute approximate surface area is 162 Å². The smallest absolute Gasteiger partial charge is 0.123 e. The molecule has 1 nitrogen and oxygen atoms in total. The number of halogens is 2. The predicted molar refractivity (Wildman–Crippen MR) is 108 cm³/mol.